The van der Waals surface area contributed by atoms with Crippen molar-refractivity contribution in [3.05, 3.63) is 11.6 Å². The Morgan fingerprint density at radius 1 is 1.62 bits per heavy atom. The fraction of sp³-hybridized carbons (Fsp3) is 0.545. The molecule has 0 aromatic carbocycles. The highest BCUT2D eigenvalue weighted by atomic mass is 32.2. The van der Waals surface area contributed by atoms with Crippen LogP contribution in [0.1, 0.15) is 13.3 Å². The molecule has 0 bridgehead atoms. The van der Waals surface area contributed by atoms with Gasteiger partial charge in [-0.05, 0) is 13.3 Å². The van der Waals surface area contributed by atoms with E-state index >= 15 is 0 Å². The smallest absolute Gasteiger partial charge is 0.260 e. The molecule has 1 aliphatic rings. The van der Waals surface area contributed by atoms with Gasteiger partial charge in [0.15, 0.2) is 10.8 Å². The second-order valence-electron chi connectivity index (χ2n) is 4.94. The summed E-state index contributed by atoms with van der Waals surface area (Å²) in [5.41, 5.74) is 2.34. The molecule has 21 heavy (non-hydrogen) atoms. The number of sulfonamides is 1. The van der Waals surface area contributed by atoms with Crippen LogP contribution in [0, 0.1) is 5.92 Å². The number of hydrazine groups is 1. The zero-order valence-electron chi connectivity index (χ0n) is 11.4. The molecule has 2 aromatic heterocycles. The minimum Gasteiger partial charge on any atom is -0.378 e. The molecule has 0 aliphatic carbocycles. The molecular weight excluding hydrogens is 314 g/mol. The predicted molar refractivity (Wildman–Crippen MR) is 79.6 cm³/mol. The van der Waals surface area contributed by atoms with Crippen LogP contribution in [0.2, 0.25) is 0 Å². The van der Waals surface area contributed by atoms with E-state index in [-0.39, 0.29) is 22.9 Å². The third-order valence-corrected chi connectivity index (χ3v) is 5.88. The first kappa shape index (κ1) is 14.7. The van der Waals surface area contributed by atoms with E-state index in [1.165, 1.54) is 15.7 Å². The zero-order valence-corrected chi connectivity index (χ0v) is 13.1. The van der Waals surface area contributed by atoms with E-state index in [4.69, 9.17) is 10.6 Å². The van der Waals surface area contributed by atoms with Crippen molar-refractivity contribution in [3.63, 3.8) is 0 Å². The first-order valence-electron chi connectivity index (χ1n) is 6.56. The van der Waals surface area contributed by atoms with Crippen LogP contribution < -0.4 is 16.0 Å². The lowest BCUT2D eigenvalue weighted by atomic mass is 10.0. The van der Waals surface area contributed by atoms with Crippen LogP contribution in [-0.4, -0.2) is 37.1 Å². The van der Waals surface area contributed by atoms with Gasteiger partial charge in [-0.2, -0.15) is 4.98 Å². The number of hydrogen-bond acceptors (Lipinski definition) is 7. The fourth-order valence-electron chi connectivity index (χ4n) is 2.45. The summed E-state index contributed by atoms with van der Waals surface area (Å²) in [5, 5.41) is 1.81. The Morgan fingerprint density at radius 3 is 3.10 bits per heavy atom. The summed E-state index contributed by atoms with van der Waals surface area (Å²) in [6.07, 6.45) is 2.57. The predicted octanol–water partition coefficient (Wildman–Crippen LogP) is 0.385. The topological polar surface area (TPSA) is 111 Å². The van der Waals surface area contributed by atoms with Gasteiger partial charge in [0.2, 0.25) is 5.03 Å². The molecule has 1 fully saturated rings. The minimum absolute atomic E-state index is 0.0350. The van der Waals surface area contributed by atoms with Gasteiger partial charge in [-0.25, -0.2) is 19.0 Å². The number of imidazole rings is 1. The van der Waals surface area contributed by atoms with Gasteiger partial charge in [0.25, 0.3) is 10.0 Å². The van der Waals surface area contributed by atoms with E-state index in [1.807, 2.05) is 6.92 Å². The van der Waals surface area contributed by atoms with E-state index in [9.17, 15) is 8.42 Å². The average Bonchev–Trinajstić information content (AvgIpc) is 3.10. The van der Waals surface area contributed by atoms with Crippen molar-refractivity contribution in [2.45, 2.75) is 24.5 Å². The van der Waals surface area contributed by atoms with Gasteiger partial charge in [-0.3, -0.25) is 4.40 Å². The molecule has 10 heteroatoms. The molecule has 1 aliphatic heterocycles. The Hall–Kier alpha value is -1.20. The number of thiazole rings is 1. The second-order valence-corrected chi connectivity index (χ2v) is 7.50. The number of anilines is 1. The molecule has 0 saturated carbocycles. The van der Waals surface area contributed by atoms with E-state index in [0.717, 1.165) is 6.42 Å². The number of aromatic nitrogens is 2. The molecule has 3 heterocycles. The maximum Gasteiger partial charge on any atom is 0.260 e. The Balaban J connectivity index is 1.87. The number of fused-ring (bicyclic) bond motifs is 1. The molecule has 3 rings (SSSR count). The Labute approximate surface area is 126 Å². The van der Waals surface area contributed by atoms with E-state index in [0.29, 0.717) is 18.1 Å². The van der Waals surface area contributed by atoms with Gasteiger partial charge in [-0.15, -0.1) is 11.3 Å². The molecule has 4 N–H and O–H groups in total. The van der Waals surface area contributed by atoms with Crippen LogP contribution in [0.5, 0.6) is 0 Å². The first-order chi connectivity index (χ1) is 10.0. The molecule has 0 radical (unpaired) electrons. The second kappa shape index (κ2) is 5.54. The highest BCUT2D eigenvalue weighted by Gasteiger charge is 2.29. The fourth-order valence-corrected chi connectivity index (χ4v) is 4.55. The van der Waals surface area contributed by atoms with Crippen molar-refractivity contribution in [1.82, 2.24) is 14.1 Å². The van der Waals surface area contributed by atoms with Gasteiger partial charge in [0, 0.05) is 30.6 Å². The lowest BCUT2D eigenvalue weighted by Crippen LogP contribution is -2.33. The number of hydrogen-bond donors (Lipinski definition) is 3. The maximum absolute atomic E-state index is 12.5. The Kier molecular flexibility index (Phi) is 3.88. The summed E-state index contributed by atoms with van der Waals surface area (Å²) >= 11 is 1.34. The standard InChI is InChI=1S/C11H17N5O3S2/c1-7-8(2-4-19-7)6-13-21(17,18)10-9(15-12)14-11-16(10)3-5-20-11/h3,5,7-8,13,15H,2,4,6,12H2,1H3. The summed E-state index contributed by atoms with van der Waals surface area (Å²) in [4.78, 5) is 4.72. The normalized spacial score (nSPS) is 23.0. The first-order valence-corrected chi connectivity index (χ1v) is 8.92. The van der Waals surface area contributed by atoms with Crippen molar-refractivity contribution in [2.24, 2.45) is 11.8 Å². The van der Waals surface area contributed by atoms with Crippen LogP contribution in [-0.2, 0) is 14.8 Å². The molecule has 116 valence electrons. The van der Waals surface area contributed by atoms with Gasteiger partial charge in [0.1, 0.15) is 0 Å². The van der Waals surface area contributed by atoms with Crippen molar-refractivity contribution in [1.29, 1.82) is 0 Å². The number of nitrogens with one attached hydrogen (secondary N) is 2. The van der Waals surface area contributed by atoms with Crippen molar-refractivity contribution >= 4 is 32.1 Å². The average molecular weight is 331 g/mol. The molecule has 2 atom stereocenters. The van der Waals surface area contributed by atoms with Crippen LogP contribution in [0.25, 0.3) is 4.96 Å². The van der Waals surface area contributed by atoms with Crippen LogP contribution in [0.3, 0.4) is 0 Å². The third-order valence-electron chi connectivity index (χ3n) is 3.68. The molecule has 2 unspecified atom stereocenters. The minimum atomic E-state index is -3.71. The summed E-state index contributed by atoms with van der Waals surface area (Å²) in [5.74, 6) is 5.70. The van der Waals surface area contributed by atoms with E-state index < -0.39 is 10.0 Å². The Morgan fingerprint density at radius 2 is 2.43 bits per heavy atom. The van der Waals surface area contributed by atoms with Gasteiger partial charge >= 0.3 is 0 Å². The number of ether oxygens (including phenoxy) is 1. The summed E-state index contributed by atoms with van der Waals surface area (Å²) in [6, 6.07) is 0. The maximum atomic E-state index is 12.5. The summed E-state index contributed by atoms with van der Waals surface area (Å²) in [7, 11) is -3.71. The molecule has 1 saturated heterocycles. The van der Waals surface area contributed by atoms with E-state index in [1.54, 1.807) is 11.6 Å². The zero-order chi connectivity index (χ0) is 15.0. The Bertz CT molecular complexity index is 738. The van der Waals surface area contributed by atoms with Crippen LogP contribution >= 0.6 is 11.3 Å². The van der Waals surface area contributed by atoms with Crippen molar-refractivity contribution in [3.8, 4) is 0 Å². The molecule has 2 aromatic rings. The largest absolute Gasteiger partial charge is 0.378 e. The monoisotopic (exact) mass is 331 g/mol. The number of nitrogens with zero attached hydrogens (tertiary/aromatic N) is 2. The summed E-state index contributed by atoms with van der Waals surface area (Å²) < 4.78 is 34.7. The van der Waals surface area contributed by atoms with Crippen LogP contribution in [0.4, 0.5) is 5.82 Å². The molecule has 0 amide bonds. The number of rotatable bonds is 5. The van der Waals surface area contributed by atoms with Gasteiger partial charge in [-0.1, -0.05) is 0 Å². The van der Waals surface area contributed by atoms with Crippen molar-refractivity contribution < 1.29 is 13.2 Å². The highest BCUT2D eigenvalue weighted by Crippen LogP contribution is 2.26. The number of nitrogens with two attached hydrogens (primary N) is 1. The SMILES string of the molecule is CC1OCCC1CNS(=O)(=O)c1c(NN)nc2sccn12. The van der Waals surface area contributed by atoms with Gasteiger partial charge < -0.3 is 10.2 Å². The molecule has 8 nitrogen and oxygen atoms in total. The van der Waals surface area contributed by atoms with Gasteiger partial charge in [0.05, 0.1) is 6.10 Å². The summed E-state index contributed by atoms with van der Waals surface area (Å²) in [6.45, 7) is 2.96. The third kappa shape index (κ3) is 2.64. The highest BCUT2D eigenvalue weighted by molar-refractivity contribution is 7.89. The molecular formula is C11H17N5O3S2. The molecule has 0 spiro atoms. The quantitative estimate of drug-likeness (QED) is 0.540. The lowest BCUT2D eigenvalue weighted by molar-refractivity contribution is 0.107. The lowest BCUT2D eigenvalue weighted by Gasteiger charge is -2.15. The van der Waals surface area contributed by atoms with Crippen molar-refractivity contribution in [2.75, 3.05) is 18.6 Å². The number of nitrogen functional groups attached to an aromatic ring is 1. The van der Waals surface area contributed by atoms with E-state index in [2.05, 4.69) is 15.1 Å². The van der Waals surface area contributed by atoms with Crippen LogP contribution in [0.15, 0.2) is 16.6 Å².